The van der Waals surface area contributed by atoms with Crippen LogP contribution >= 0.6 is 11.6 Å². The van der Waals surface area contributed by atoms with Crippen LogP contribution in [0.4, 0.5) is 5.95 Å². The number of carbonyl (C=O) groups is 2. The van der Waals surface area contributed by atoms with Crippen molar-refractivity contribution in [3.05, 3.63) is 16.9 Å². The minimum Gasteiger partial charge on any atom is -0.480 e. The molecule has 1 N–H and O–H groups in total. The number of hydrogen-bond donors (Lipinski definition) is 1. The molecule has 9 heteroatoms. The van der Waals surface area contributed by atoms with Gasteiger partial charge in [-0.05, 0) is 25.7 Å². The van der Waals surface area contributed by atoms with Crippen LogP contribution in [0.2, 0.25) is 5.02 Å². The van der Waals surface area contributed by atoms with E-state index in [1.54, 1.807) is 0 Å². The summed E-state index contributed by atoms with van der Waals surface area (Å²) in [6, 6.07) is -0.196. The number of carbonyl (C=O) groups excluding carboxylic acids is 1. The third-order valence-corrected chi connectivity index (χ3v) is 4.80. The van der Waals surface area contributed by atoms with E-state index in [1.807, 2.05) is 4.90 Å². The van der Waals surface area contributed by atoms with Gasteiger partial charge < -0.3 is 19.6 Å². The van der Waals surface area contributed by atoms with Crippen molar-refractivity contribution in [1.82, 2.24) is 14.9 Å². The summed E-state index contributed by atoms with van der Waals surface area (Å²) in [4.78, 5) is 36.1. The second-order valence-corrected chi connectivity index (χ2v) is 6.64. The van der Waals surface area contributed by atoms with Crippen molar-refractivity contribution >= 4 is 29.4 Å². The van der Waals surface area contributed by atoms with Crippen molar-refractivity contribution in [3.63, 3.8) is 0 Å². The largest absolute Gasteiger partial charge is 0.480 e. The van der Waals surface area contributed by atoms with Crippen molar-refractivity contribution in [2.75, 3.05) is 37.7 Å². The highest BCUT2D eigenvalue weighted by molar-refractivity contribution is 6.33. The van der Waals surface area contributed by atoms with Gasteiger partial charge in [0.1, 0.15) is 6.54 Å². The zero-order valence-electron chi connectivity index (χ0n) is 13.9. The monoisotopic (exact) mass is 368 g/mol. The number of nitrogens with zero attached hydrogens (tertiary/aromatic N) is 4. The number of anilines is 1. The first-order valence-electron chi connectivity index (χ1n) is 8.44. The van der Waals surface area contributed by atoms with Gasteiger partial charge >= 0.3 is 5.97 Å². The summed E-state index contributed by atoms with van der Waals surface area (Å²) in [6.07, 6.45) is 4.73. The van der Waals surface area contributed by atoms with Crippen LogP contribution in [0.25, 0.3) is 0 Å². The van der Waals surface area contributed by atoms with E-state index in [0.29, 0.717) is 32.0 Å². The first-order valence-corrected chi connectivity index (χ1v) is 8.82. The number of aliphatic carboxylic acids is 1. The zero-order valence-corrected chi connectivity index (χ0v) is 14.6. The Morgan fingerprint density at radius 1 is 1.32 bits per heavy atom. The van der Waals surface area contributed by atoms with Gasteiger partial charge in [-0.15, -0.1) is 0 Å². The lowest BCUT2D eigenvalue weighted by Gasteiger charge is -2.33. The molecule has 25 heavy (non-hydrogen) atoms. The molecule has 0 bridgehead atoms. The maximum Gasteiger partial charge on any atom is 0.323 e. The topological polar surface area (TPSA) is 95.9 Å². The van der Waals surface area contributed by atoms with Crippen LogP contribution in [0.3, 0.4) is 0 Å². The van der Waals surface area contributed by atoms with Gasteiger partial charge in [-0.1, -0.05) is 11.6 Å². The van der Waals surface area contributed by atoms with Gasteiger partial charge in [0.2, 0.25) is 5.95 Å². The summed E-state index contributed by atoms with van der Waals surface area (Å²) in [6.45, 7) is 2.31. The molecule has 2 aliphatic rings. The number of hydrogen-bond acceptors (Lipinski definition) is 6. The molecule has 0 aliphatic carbocycles. The molecular formula is C16H21ClN4O4. The number of amides is 1. The van der Waals surface area contributed by atoms with Gasteiger partial charge in [0.25, 0.3) is 5.91 Å². The minimum absolute atomic E-state index is 0.0614. The highest BCUT2D eigenvalue weighted by Gasteiger charge is 2.31. The van der Waals surface area contributed by atoms with E-state index in [-0.39, 0.29) is 23.3 Å². The van der Waals surface area contributed by atoms with E-state index in [9.17, 15) is 14.7 Å². The molecule has 0 unspecified atom stereocenters. The van der Waals surface area contributed by atoms with Crippen molar-refractivity contribution in [3.8, 4) is 0 Å². The van der Waals surface area contributed by atoms with Crippen LogP contribution in [0.1, 0.15) is 36.2 Å². The molecule has 136 valence electrons. The molecule has 1 aromatic heterocycles. The smallest absolute Gasteiger partial charge is 0.323 e. The summed E-state index contributed by atoms with van der Waals surface area (Å²) >= 11 is 6.15. The van der Waals surface area contributed by atoms with Gasteiger partial charge in [0, 0.05) is 32.3 Å². The van der Waals surface area contributed by atoms with E-state index in [4.69, 9.17) is 16.3 Å². The Labute approximate surface area is 150 Å². The van der Waals surface area contributed by atoms with E-state index >= 15 is 0 Å². The fraction of sp³-hybridized carbons (Fsp3) is 0.625. The molecule has 0 aromatic carbocycles. The lowest BCUT2D eigenvalue weighted by Crippen LogP contribution is -2.46. The molecule has 2 fully saturated rings. The normalized spacial score (nSPS) is 18.4. The van der Waals surface area contributed by atoms with Crippen LogP contribution < -0.4 is 4.90 Å². The van der Waals surface area contributed by atoms with E-state index in [1.165, 1.54) is 11.1 Å². The molecule has 3 rings (SSSR count). The average Bonchev–Trinajstić information content (AvgIpc) is 3.15. The van der Waals surface area contributed by atoms with Crippen LogP contribution in [0.5, 0.6) is 0 Å². The van der Waals surface area contributed by atoms with Crippen LogP contribution in [0.15, 0.2) is 6.20 Å². The van der Waals surface area contributed by atoms with E-state index in [2.05, 4.69) is 9.97 Å². The van der Waals surface area contributed by atoms with Gasteiger partial charge in [-0.3, -0.25) is 9.59 Å². The second kappa shape index (κ2) is 7.97. The van der Waals surface area contributed by atoms with Crippen LogP contribution in [-0.2, 0) is 9.53 Å². The Balaban J connectivity index is 1.87. The molecule has 2 aliphatic heterocycles. The number of carboxylic acids is 1. The number of halogens is 1. The molecule has 3 heterocycles. The molecule has 0 saturated carbocycles. The fourth-order valence-corrected chi connectivity index (χ4v) is 3.39. The Bertz CT molecular complexity index is 645. The van der Waals surface area contributed by atoms with Crippen LogP contribution in [0, 0.1) is 0 Å². The summed E-state index contributed by atoms with van der Waals surface area (Å²) in [5, 5.41) is 9.34. The molecule has 2 saturated heterocycles. The number of ether oxygens (including phenoxy) is 1. The van der Waals surface area contributed by atoms with E-state index in [0.717, 1.165) is 25.9 Å². The van der Waals surface area contributed by atoms with Crippen molar-refractivity contribution in [2.45, 2.75) is 31.7 Å². The van der Waals surface area contributed by atoms with Crippen molar-refractivity contribution < 1.29 is 19.4 Å². The Hall–Kier alpha value is -1.93. The van der Waals surface area contributed by atoms with Crippen molar-refractivity contribution in [1.29, 1.82) is 0 Å². The fourth-order valence-electron chi connectivity index (χ4n) is 3.22. The van der Waals surface area contributed by atoms with Gasteiger partial charge in [0.05, 0.1) is 11.2 Å². The zero-order chi connectivity index (χ0) is 17.8. The molecule has 1 amide bonds. The first-order chi connectivity index (χ1) is 12.1. The van der Waals surface area contributed by atoms with Crippen molar-refractivity contribution in [2.24, 2.45) is 0 Å². The third-order valence-electron chi connectivity index (χ3n) is 4.52. The number of aromatic nitrogens is 2. The van der Waals surface area contributed by atoms with Gasteiger partial charge in [-0.25, -0.2) is 9.97 Å². The average molecular weight is 369 g/mol. The Morgan fingerprint density at radius 3 is 2.64 bits per heavy atom. The minimum atomic E-state index is -1.07. The lowest BCUT2D eigenvalue weighted by atomic mass is 10.1. The third kappa shape index (κ3) is 4.19. The number of carboxylic acid groups (broad SMARTS) is 1. The first kappa shape index (κ1) is 17.9. The molecule has 0 radical (unpaired) electrons. The summed E-state index contributed by atoms with van der Waals surface area (Å²) in [5.74, 6) is -1.07. The molecule has 8 nitrogen and oxygen atoms in total. The molecule has 0 atom stereocenters. The predicted molar refractivity (Wildman–Crippen MR) is 91.0 cm³/mol. The maximum absolute atomic E-state index is 13.0. The van der Waals surface area contributed by atoms with Gasteiger partial charge in [-0.2, -0.15) is 0 Å². The Kier molecular flexibility index (Phi) is 5.70. The second-order valence-electron chi connectivity index (χ2n) is 6.23. The lowest BCUT2D eigenvalue weighted by molar-refractivity contribution is -0.138. The maximum atomic E-state index is 13.0. The van der Waals surface area contributed by atoms with E-state index < -0.39 is 11.9 Å². The predicted octanol–water partition coefficient (Wildman–Crippen LogP) is 1.44. The SMILES string of the molecule is O=C(O)CN(C(=O)c1nc(N2CCCC2)ncc1Cl)C1CCOCC1. The summed E-state index contributed by atoms with van der Waals surface area (Å²) in [5.41, 5.74) is 0.0614. The van der Waals surface area contributed by atoms with Gasteiger partial charge in [0.15, 0.2) is 5.69 Å². The van der Waals surface area contributed by atoms with Crippen LogP contribution in [-0.4, -0.2) is 70.7 Å². The molecule has 0 spiro atoms. The highest BCUT2D eigenvalue weighted by Crippen LogP contribution is 2.23. The molecular weight excluding hydrogens is 348 g/mol. The summed E-state index contributed by atoms with van der Waals surface area (Å²) < 4.78 is 5.31. The summed E-state index contributed by atoms with van der Waals surface area (Å²) in [7, 11) is 0. The standard InChI is InChI=1S/C16H21ClN4O4/c17-12-9-18-16(20-5-1-2-6-20)19-14(12)15(24)21(10-13(22)23)11-3-7-25-8-4-11/h9,11H,1-8,10H2,(H,22,23). The quantitative estimate of drug-likeness (QED) is 0.839. The molecule has 1 aromatic rings. The highest BCUT2D eigenvalue weighted by atomic mass is 35.5. The Morgan fingerprint density at radius 2 is 2.00 bits per heavy atom. The number of rotatable bonds is 5.